The Morgan fingerprint density at radius 2 is 2.15 bits per heavy atom. The first-order valence-corrected chi connectivity index (χ1v) is 8.82. The maximum Gasteiger partial charge on any atom is 0.347 e. The number of carboxylic acid groups (broad SMARTS) is 1. The summed E-state index contributed by atoms with van der Waals surface area (Å²) in [6.07, 6.45) is 2.29. The van der Waals surface area contributed by atoms with E-state index in [9.17, 15) is 13.2 Å². The third-order valence-electron chi connectivity index (χ3n) is 3.45. The first kappa shape index (κ1) is 15.4. The summed E-state index contributed by atoms with van der Waals surface area (Å²) < 4.78 is 26.8. The summed E-state index contributed by atoms with van der Waals surface area (Å²) in [7, 11) is -3.76. The number of aromatic carboxylic acids is 1. The van der Waals surface area contributed by atoms with Gasteiger partial charge in [-0.3, -0.25) is 4.90 Å². The van der Waals surface area contributed by atoms with Gasteiger partial charge in [-0.2, -0.15) is 0 Å². The first-order valence-electron chi connectivity index (χ1n) is 6.46. The Hall–Kier alpha value is -0.960. The van der Waals surface area contributed by atoms with Crippen LogP contribution in [-0.4, -0.2) is 50.1 Å². The van der Waals surface area contributed by atoms with Crippen LogP contribution in [0.3, 0.4) is 0 Å². The molecule has 0 amide bonds. The molecule has 0 saturated carbocycles. The highest BCUT2D eigenvalue weighted by Crippen LogP contribution is 2.22. The quantitative estimate of drug-likeness (QED) is 0.823. The van der Waals surface area contributed by atoms with Gasteiger partial charge in [-0.1, -0.05) is 0 Å². The van der Waals surface area contributed by atoms with Gasteiger partial charge in [-0.25, -0.2) is 17.9 Å². The lowest BCUT2D eigenvalue weighted by atomic mass is 10.3. The molecule has 112 valence electrons. The molecule has 2 N–H and O–H groups in total. The molecule has 2 rings (SSSR count). The van der Waals surface area contributed by atoms with E-state index < -0.39 is 16.0 Å². The molecule has 20 heavy (non-hydrogen) atoms. The summed E-state index contributed by atoms with van der Waals surface area (Å²) in [4.78, 5) is 12.9. The smallest absolute Gasteiger partial charge is 0.347 e. The number of nitrogens with one attached hydrogen (secondary N) is 1. The van der Waals surface area contributed by atoms with Gasteiger partial charge >= 0.3 is 5.97 Å². The summed E-state index contributed by atoms with van der Waals surface area (Å²) in [6.45, 7) is 4.24. The molecule has 2 heterocycles. The molecule has 6 nitrogen and oxygen atoms in total. The predicted molar refractivity (Wildman–Crippen MR) is 76.7 cm³/mol. The van der Waals surface area contributed by atoms with E-state index in [0.29, 0.717) is 0 Å². The predicted octanol–water partition coefficient (Wildman–Crippen LogP) is 1.21. The fourth-order valence-corrected chi connectivity index (χ4v) is 4.66. The minimum Gasteiger partial charge on any atom is -0.477 e. The summed E-state index contributed by atoms with van der Waals surface area (Å²) in [5.41, 5.74) is 0. The van der Waals surface area contributed by atoms with Gasteiger partial charge in [-0.05, 0) is 44.3 Å². The van der Waals surface area contributed by atoms with Gasteiger partial charge in [0.15, 0.2) is 0 Å². The van der Waals surface area contributed by atoms with Gasteiger partial charge in [-0.15, -0.1) is 11.3 Å². The second-order valence-corrected chi connectivity index (χ2v) is 7.51. The minimum absolute atomic E-state index is 0.110. The number of hydrogen-bond donors (Lipinski definition) is 2. The second kappa shape index (κ2) is 6.21. The van der Waals surface area contributed by atoms with E-state index in [1.165, 1.54) is 11.4 Å². The molecular formula is C12H18N2O4S2. The normalized spacial score (nSPS) is 18.2. The van der Waals surface area contributed by atoms with Crippen molar-refractivity contribution >= 4 is 27.3 Å². The molecule has 1 saturated heterocycles. The highest BCUT2D eigenvalue weighted by atomic mass is 32.2. The lowest BCUT2D eigenvalue weighted by molar-refractivity contribution is 0.0698. The Labute approximate surface area is 122 Å². The lowest BCUT2D eigenvalue weighted by Crippen LogP contribution is -2.40. The largest absolute Gasteiger partial charge is 0.477 e. The minimum atomic E-state index is -3.76. The van der Waals surface area contributed by atoms with Crippen LogP contribution in [0.15, 0.2) is 16.3 Å². The fourth-order valence-electron chi connectivity index (χ4n) is 2.28. The molecule has 1 aromatic heterocycles. The zero-order valence-electron chi connectivity index (χ0n) is 11.2. The van der Waals surface area contributed by atoms with Crippen LogP contribution in [0.1, 0.15) is 29.4 Å². The Morgan fingerprint density at radius 3 is 2.75 bits per heavy atom. The number of nitrogens with zero attached hydrogens (tertiary/aromatic N) is 1. The first-order chi connectivity index (χ1) is 9.42. The molecule has 0 aromatic carbocycles. The van der Waals surface area contributed by atoms with Gasteiger partial charge in [0, 0.05) is 12.6 Å². The zero-order valence-corrected chi connectivity index (χ0v) is 12.8. The van der Waals surface area contributed by atoms with Crippen LogP contribution in [0.4, 0.5) is 0 Å². The van der Waals surface area contributed by atoms with Crippen LogP contribution >= 0.6 is 11.3 Å². The number of rotatable bonds is 6. The Balaban J connectivity index is 2.03. The van der Waals surface area contributed by atoms with Gasteiger partial charge < -0.3 is 5.11 Å². The summed E-state index contributed by atoms with van der Waals surface area (Å²) in [6, 6.07) is 1.44. The Morgan fingerprint density at radius 1 is 1.50 bits per heavy atom. The van der Waals surface area contributed by atoms with Crippen LogP contribution in [0.25, 0.3) is 0 Å². The molecule has 1 fully saturated rings. The number of likely N-dealkylation sites (tertiary alicyclic amines) is 1. The van der Waals surface area contributed by atoms with Gasteiger partial charge in [0.1, 0.15) is 9.77 Å². The Bertz CT molecular complexity index is 576. The average molecular weight is 318 g/mol. The summed E-state index contributed by atoms with van der Waals surface area (Å²) >= 11 is 0.915. The van der Waals surface area contributed by atoms with Crippen LogP contribution < -0.4 is 4.72 Å². The topological polar surface area (TPSA) is 86.7 Å². The molecule has 0 bridgehead atoms. The highest BCUT2D eigenvalue weighted by molar-refractivity contribution is 7.89. The third kappa shape index (κ3) is 3.38. The third-order valence-corrected chi connectivity index (χ3v) is 5.94. The molecule has 0 spiro atoms. The molecule has 1 aliphatic heterocycles. The Kier molecular flexibility index (Phi) is 4.79. The van der Waals surface area contributed by atoms with Crippen molar-refractivity contribution in [3.05, 3.63) is 16.3 Å². The maximum absolute atomic E-state index is 12.2. The van der Waals surface area contributed by atoms with Crippen molar-refractivity contribution in [3.8, 4) is 0 Å². The zero-order chi connectivity index (χ0) is 14.8. The van der Waals surface area contributed by atoms with Crippen molar-refractivity contribution in [3.63, 3.8) is 0 Å². The second-order valence-electron chi connectivity index (χ2n) is 4.86. The van der Waals surface area contributed by atoms with E-state index in [-0.39, 0.29) is 22.4 Å². The number of carboxylic acids is 1. The van der Waals surface area contributed by atoms with Crippen molar-refractivity contribution in [2.24, 2.45) is 0 Å². The van der Waals surface area contributed by atoms with E-state index in [2.05, 4.69) is 9.62 Å². The van der Waals surface area contributed by atoms with Crippen molar-refractivity contribution < 1.29 is 18.3 Å². The average Bonchev–Trinajstić information content (AvgIpc) is 3.06. The maximum atomic E-state index is 12.2. The van der Waals surface area contributed by atoms with Crippen LogP contribution in [-0.2, 0) is 10.0 Å². The van der Waals surface area contributed by atoms with Gasteiger partial charge in [0.05, 0.1) is 0 Å². The van der Waals surface area contributed by atoms with Gasteiger partial charge in [0.25, 0.3) is 0 Å². The molecular weight excluding hydrogens is 300 g/mol. The summed E-state index contributed by atoms with van der Waals surface area (Å²) in [5.74, 6) is -1.21. The van der Waals surface area contributed by atoms with E-state index >= 15 is 0 Å². The van der Waals surface area contributed by atoms with Crippen molar-refractivity contribution in [2.75, 3.05) is 19.6 Å². The molecule has 1 aliphatic rings. The lowest BCUT2D eigenvalue weighted by Gasteiger charge is -2.23. The molecule has 1 atom stereocenters. The van der Waals surface area contributed by atoms with E-state index in [0.717, 1.165) is 37.3 Å². The number of hydrogen-bond acceptors (Lipinski definition) is 5. The highest BCUT2D eigenvalue weighted by Gasteiger charge is 2.25. The SMILES string of the molecule is CC(CNS(=O)(=O)c1ccsc1C(=O)O)N1CCCC1. The molecule has 8 heteroatoms. The molecule has 1 aromatic rings. The monoisotopic (exact) mass is 318 g/mol. The van der Waals surface area contributed by atoms with Crippen molar-refractivity contribution in [2.45, 2.75) is 30.7 Å². The van der Waals surface area contributed by atoms with E-state index in [1.807, 2.05) is 6.92 Å². The van der Waals surface area contributed by atoms with Crippen LogP contribution in [0.2, 0.25) is 0 Å². The van der Waals surface area contributed by atoms with Gasteiger partial charge in [0.2, 0.25) is 10.0 Å². The van der Waals surface area contributed by atoms with Crippen LogP contribution in [0, 0.1) is 0 Å². The van der Waals surface area contributed by atoms with Crippen LogP contribution in [0.5, 0.6) is 0 Å². The standard InChI is InChI=1S/C12H18N2O4S2/c1-9(14-5-2-3-6-14)8-13-20(17,18)10-4-7-19-11(10)12(15)16/h4,7,9,13H,2-3,5-6,8H2,1H3,(H,15,16). The van der Waals surface area contributed by atoms with Crippen molar-refractivity contribution in [1.82, 2.24) is 9.62 Å². The van der Waals surface area contributed by atoms with E-state index in [4.69, 9.17) is 5.11 Å². The fraction of sp³-hybridized carbons (Fsp3) is 0.583. The molecule has 0 aliphatic carbocycles. The molecule has 0 radical (unpaired) electrons. The summed E-state index contributed by atoms with van der Waals surface area (Å²) in [5, 5.41) is 10.5. The van der Waals surface area contributed by atoms with Crippen molar-refractivity contribution in [1.29, 1.82) is 0 Å². The number of carbonyl (C=O) groups is 1. The number of sulfonamides is 1. The molecule has 1 unspecified atom stereocenters. The van der Waals surface area contributed by atoms with E-state index in [1.54, 1.807) is 0 Å². The number of thiophene rings is 1.